The summed E-state index contributed by atoms with van der Waals surface area (Å²) in [6, 6.07) is 2.17. The summed E-state index contributed by atoms with van der Waals surface area (Å²) < 4.78 is 3.02. The quantitative estimate of drug-likeness (QED) is 0.940. The van der Waals surface area contributed by atoms with Crippen molar-refractivity contribution in [1.82, 2.24) is 9.78 Å². The molecule has 0 spiro atoms. The normalized spacial score (nSPS) is 10.8. The maximum atomic E-state index is 4.29. The zero-order chi connectivity index (χ0) is 11.7. The van der Waals surface area contributed by atoms with Gasteiger partial charge in [-0.3, -0.25) is 4.68 Å². The maximum Gasteiger partial charge on any atom is 0.0825 e. The van der Waals surface area contributed by atoms with Crippen LogP contribution in [0, 0.1) is 13.8 Å². The third kappa shape index (κ3) is 2.47. The van der Waals surface area contributed by atoms with Crippen molar-refractivity contribution in [3.05, 3.63) is 32.2 Å². The van der Waals surface area contributed by atoms with Crippen LogP contribution in [0.3, 0.4) is 0 Å². The lowest BCUT2D eigenvalue weighted by atomic mass is 10.4. The standard InChI is InChI=1S/C11H14BrN3S/c1-7-11(6-15(3)14-7)13-5-9-4-10(12)8(2)16-9/h4,6,13H,5H2,1-3H3. The summed E-state index contributed by atoms with van der Waals surface area (Å²) in [5.41, 5.74) is 2.14. The van der Waals surface area contributed by atoms with E-state index >= 15 is 0 Å². The van der Waals surface area contributed by atoms with Crippen LogP contribution >= 0.6 is 27.3 Å². The van der Waals surface area contributed by atoms with Crippen LogP contribution in [-0.2, 0) is 13.6 Å². The molecule has 16 heavy (non-hydrogen) atoms. The van der Waals surface area contributed by atoms with E-state index in [2.05, 4.69) is 39.3 Å². The van der Waals surface area contributed by atoms with E-state index < -0.39 is 0 Å². The van der Waals surface area contributed by atoms with Gasteiger partial charge in [0.25, 0.3) is 0 Å². The fourth-order valence-electron chi connectivity index (χ4n) is 1.56. The van der Waals surface area contributed by atoms with Crippen LogP contribution in [0.5, 0.6) is 0 Å². The Morgan fingerprint density at radius 3 is 2.75 bits per heavy atom. The van der Waals surface area contributed by atoms with E-state index in [1.165, 1.54) is 14.2 Å². The van der Waals surface area contributed by atoms with E-state index in [-0.39, 0.29) is 0 Å². The first kappa shape index (κ1) is 11.7. The first-order valence-electron chi connectivity index (χ1n) is 5.05. The fourth-order valence-corrected chi connectivity index (χ4v) is 3.10. The van der Waals surface area contributed by atoms with E-state index in [1.807, 2.05) is 36.2 Å². The monoisotopic (exact) mass is 299 g/mol. The van der Waals surface area contributed by atoms with Crippen LogP contribution in [0.2, 0.25) is 0 Å². The number of halogens is 1. The fraction of sp³-hybridized carbons (Fsp3) is 0.364. The smallest absolute Gasteiger partial charge is 0.0825 e. The Labute approximate surface area is 108 Å². The molecule has 0 radical (unpaired) electrons. The minimum absolute atomic E-state index is 0.851. The zero-order valence-electron chi connectivity index (χ0n) is 9.54. The molecule has 0 aliphatic carbocycles. The molecule has 2 aromatic rings. The molecule has 0 atom stereocenters. The zero-order valence-corrected chi connectivity index (χ0v) is 11.9. The molecule has 86 valence electrons. The van der Waals surface area contributed by atoms with Crippen LogP contribution in [0.1, 0.15) is 15.4 Å². The predicted octanol–water partition coefficient (Wildman–Crippen LogP) is 3.47. The predicted molar refractivity (Wildman–Crippen MR) is 72.0 cm³/mol. The van der Waals surface area contributed by atoms with Crippen molar-refractivity contribution >= 4 is 33.0 Å². The molecule has 5 heteroatoms. The van der Waals surface area contributed by atoms with E-state index in [9.17, 15) is 0 Å². The van der Waals surface area contributed by atoms with Gasteiger partial charge < -0.3 is 5.32 Å². The number of anilines is 1. The van der Waals surface area contributed by atoms with Crippen molar-refractivity contribution in [2.45, 2.75) is 20.4 Å². The third-order valence-electron chi connectivity index (χ3n) is 2.37. The van der Waals surface area contributed by atoms with Gasteiger partial charge in [-0.15, -0.1) is 11.3 Å². The van der Waals surface area contributed by atoms with Crippen LogP contribution in [-0.4, -0.2) is 9.78 Å². The molecule has 0 aromatic carbocycles. The summed E-state index contributed by atoms with van der Waals surface area (Å²) in [7, 11) is 1.93. The van der Waals surface area contributed by atoms with Crippen molar-refractivity contribution in [3.8, 4) is 0 Å². The van der Waals surface area contributed by atoms with Crippen molar-refractivity contribution in [3.63, 3.8) is 0 Å². The lowest BCUT2D eigenvalue weighted by molar-refractivity contribution is 0.756. The molecule has 3 nitrogen and oxygen atoms in total. The lowest BCUT2D eigenvalue weighted by Gasteiger charge is -2.01. The summed E-state index contributed by atoms with van der Waals surface area (Å²) in [6.07, 6.45) is 2.00. The second kappa shape index (κ2) is 4.59. The van der Waals surface area contributed by atoms with Gasteiger partial charge in [0, 0.05) is 34.0 Å². The molecule has 0 unspecified atom stereocenters. The Morgan fingerprint density at radius 1 is 1.50 bits per heavy atom. The number of nitrogens with one attached hydrogen (secondary N) is 1. The molecule has 0 aliphatic heterocycles. The SMILES string of the molecule is Cc1nn(C)cc1NCc1cc(Br)c(C)s1. The molecule has 0 fully saturated rings. The van der Waals surface area contributed by atoms with Gasteiger partial charge in [-0.05, 0) is 35.8 Å². The van der Waals surface area contributed by atoms with Crippen molar-refractivity contribution in [1.29, 1.82) is 0 Å². The first-order chi connectivity index (χ1) is 7.56. The van der Waals surface area contributed by atoms with Gasteiger partial charge in [0.1, 0.15) is 0 Å². The molecule has 0 amide bonds. The summed E-state index contributed by atoms with van der Waals surface area (Å²) in [4.78, 5) is 2.65. The van der Waals surface area contributed by atoms with Gasteiger partial charge in [0.05, 0.1) is 11.4 Å². The van der Waals surface area contributed by atoms with Crippen LogP contribution in [0.4, 0.5) is 5.69 Å². The molecule has 0 saturated heterocycles. The summed E-state index contributed by atoms with van der Waals surface area (Å²) in [6.45, 7) is 4.98. The van der Waals surface area contributed by atoms with E-state index in [4.69, 9.17) is 0 Å². The largest absolute Gasteiger partial charge is 0.377 e. The third-order valence-corrected chi connectivity index (χ3v) is 4.51. The number of hydrogen-bond donors (Lipinski definition) is 1. The topological polar surface area (TPSA) is 29.9 Å². The number of aromatic nitrogens is 2. The highest BCUT2D eigenvalue weighted by atomic mass is 79.9. The molecule has 0 bridgehead atoms. The van der Waals surface area contributed by atoms with E-state index in [1.54, 1.807) is 0 Å². The number of hydrogen-bond acceptors (Lipinski definition) is 3. The number of thiophene rings is 1. The molecular weight excluding hydrogens is 286 g/mol. The highest BCUT2D eigenvalue weighted by molar-refractivity contribution is 9.10. The minimum atomic E-state index is 0.851. The van der Waals surface area contributed by atoms with Crippen LogP contribution in [0.25, 0.3) is 0 Å². The summed E-state index contributed by atoms with van der Waals surface area (Å²) in [5.74, 6) is 0. The Hall–Kier alpha value is -0.810. The van der Waals surface area contributed by atoms with Gasteiger partial charge in [-0.2, -0.15) is 5.10 Å². The molecule has 2 rings (SSSR count). The van der Waals surface area contributed by atoms with Gasteiger partial charge in [0.2, 0.25) is 0 Å². The highest BCUT2D eigenvalue weighted by Crippen LogP contribution is 2.27. The highest BCUT2D eigenvalue weighted by Gasteiger charge is 2.05. The van der Waals surface area contributed by atoms with Gasteiger partial charge in [0.15, 0.2) is 0 Å². The van der Waals surface area contributed by atoms with Crippen LogP contribution in [0.15, 0.2) is 16.7 Å². The van der Waals surface area contributed by atoms with E-state index in [0.29, 0.717) is 0 Å². The van der Waals surface area contributed by atoms with Crippen molar-refractivity contribution in [2.75, 3.05) is 5.32 Å². The van der Waals surface area contributed by atoms with Gasteiger partial charge in [-0.25, -0.2) is 0 Å². The second-order valence-corrected chi connectivity index (χ2v) is 5.97. The molecule has 2 heterocycles. The number of aryl methyl sites for hydroxylation is 3. The molecular formula is C11H14BrN3S. The van der Waals surface area contributed by atoms with Crippen molar-refractivity contribution in [2.24, 2.45) is 7.05 Å². The Kier molecular flexibility index (Phi) is 3.35. The van der Waals surface area contributed by atoms with Gasteiger partial charge in [-0.1, -0.05) is 0 Å². The summed E-state index contributed by atoms with van der Waals surface area (Å²) in [5, 5.41) is 7.69. The number of rotatable bonds is 3. The van der Waals surface area contributed by atoms with Crippen LogP contribution < -0.4 is 5.32 Å². The molecule has 1 N–H and O–H groups in total. The Morgan fingerprint density at radius 2 is 2.25 bits per heavy atom. The molecule has 0 aliphatic rings. The lowest BCUT2D eigenvalue weighted by Crippen LogP contribution is -1.97. The average molecular weight is 300 g/mol. The minimum Gasteiger partial charge on any atom is -0.377 e. The summed E-state index contributed by atoms with van der Waals surface area (Å²) >= 11 is 5.34. The van der Waals surface area contributed by atoms with Crippen molar-refractivity contribution < 1.29 is 0 Å². The Bertz CT molecular complexity index is 482. The Balaban J connectivity index is 2.04. The number of nitrogens with zero attached hydrogens (tertiary/aromatic N) is 2. The molecule has 2 aromatic heterocycles. The molecule has 0 saturated carbocycles. The average Bonchev–Trinajstić information content (AvgIpc) is 2.68. The van der Waals surface area contributed by atoms with E-state index in [0.717, 1.165) is 17.9 Å². The maximum absolute atomic E-state index is 4.29. The van der Waals surface area contributed by atoms with Gasteiger partial charge >= 0.3 is 0 Å². The second-order valence-electron chi connectivity index (χ2n) is 3.77. The first-order valence-corrected chi connectivity index (χ1v) is 6.66.